The molecule has 13 rings (SSSR count). The number of hydrogen-bond acceptors (Lipinski definition) is 31. The number of nitrogens with zero attached hydrogens (tertiary/aromatic N) is 13. The largest absolute Gasteiger partial charge is 0.460 e. The third kappa shape index (κ3) is 28.2. The zero-order chi connectivity index (χ0) is 94.7. The minimum atomic E-state index is -1.10. The predicted molar refractivity (Wildman–Crippen MR) is 502 cm³/mol. The van der Waals surface area contributed by atoms with E-state index in [1.54, 1.807) is 70.0 Å². The van der Waals surface area contributed by atoms with Crippen molar-refractivity contribution in [3.05, 3.63) is 154 Å². The number of ether oxygens (including phenoxy) is 6. The van der Waals surface area contributed by atoms with Crippen molar-refractivity contribution < 1.29 is 81.1 Å². The number of hydrogen-bond donors (Lipinski definition) is 7. The van der Waals surface area contributed by atoms with Crippen LogP contribution in [0.15, 0.2) is 120 Å². The number of amides is 5. The normalized spacial score (nSPS) is 24.4. The predicted octanol–water partition coefficient (Wildman–Crippen LogP) is 9.36. The van der Waals surface area contributed by atoms with Crippen LogP contribution in [0.3, 0.4) is 0 Å². The smallest absolute Gasteiger partial charge is 0.407 e. The highest BCUT2D eigenvalue weighted by molar-refractivity contribution is 6.38. The van der Waals surface area contributed by atoms with Crippen molar-refractivity contribution in [3.8, 4) is 0 Å². The second-order valence-corrected chi connectivity index (χ2v) is 36.4. The second kappa shape index (κ2) is 48.9. The number of alkyl carbamates (subject to hydrolysis) is 1. The van der Waals surface area contributed by atoms with Gasteiger partial charge in [-0.3, -0.25) is 43.9 Å². The number of cyclic esters (lactones) is 1. The zero-order valence-electron chi connectivity index (χ0n) is 78.0. The van der Waals surface area contributed by atoms with E-state index in [4.69, 9.17) is 49.7 Å². The van der Waals surface area contributed by atoms with Crippen molar-refractivity contribution in [1.29, 1.82) is 5.41 Å². The first-order valence-electron chi connectivity index (χ1n) is 47.4. The summed E-state index contributed by atoms with van der Waals surface area (Å²) in [5, 5.41) is 29.2. The first kappa shape index (κ1) is 99.6. The van der Waals surface area contributed by atoms with E-state index in [9.17, 15) is 48.3 Å². The topological polar surface area (TPSA) is 464 Å². The molecule has 9 atom stereocenters. The first-order chi connectivity index (χ1) is 64.8. The molecule has 9 N–H and O–H groups in total. The van der Waals surface area contributed by atoms with Gasteiger partial charge < -0.3 is 89.9 Å². The Balaban J connectivity index is 0.463. The number of ketones is 3. The fourth-order valence-electron chi connectivity index (χ4n) is 18.4. The lowest BCUT2D eigenvalue weighted by molar-refractivity contribution is -0.167. The minimum Gasteiger partial charge on any atom is -0.460 e. The summed E-state index contributed by atoms with van der Waals surface area (Å²) in [6, 6.07) is 10.3. The van der Waals surface area contributed by atoms with Crippen LogP contribution in [0.5, 0.6) is 0 Å². The van der Waals surface area contributed by atoms with E-state index >= 15 is 0 Å². The van der Waals surface area contributed by atoms with Gasteiger partial charge in [0.1, 0.15) is 59.4 Å². The molecule has 5 fully saturated rings. The summed E-state index contributed by atoms with van der Waals surface area (Å²) in [6.07, 6.45) is 23.5. The van der Waals surface area contributed by atoms with Crippen LogP contribution in [0.4, 0.5) is 34.3 Å². The number of piperazine rings is 2. The van der Waals surface area contributed by atoms with Gasteiger partial charge in [0.15, 0.2) is 5.58 Å². The van der Waals surface area contributed by atoms with Gasteiger partial charge in [-0.2, -0.15) is 4.98 Å². The summed E-state index contributed by atoms with van der Waals surface area (Å²) in [7, 11) is 1.63. The van der Waals surface area contributed by atoms with Gasteiger partial charge >= 0.3 is 12.1 Å². The molecule has 0 radical (unpaired) electrons. The number of esters is 1. The fourth-order valence-corrected chi connectivity index (χ4v) is 18.4. The maximum atomic E-state index is 14.4. The van der Waals surface area contributed by atoms with Crippen LogP contribution < -0.4 is 37.2 Å². The van der Waals surface area contributed by atoms with Crippen LogP contribution in [-0.2, 0) is 88.0 Å². The second-order valence-electron chi connectivity index (χ2n) is 36.4. The Morgan fingerprint density at radius 2 is 1.41 bits per heavy atom. The molecule has 0 spiro atoms. The van der Waals surface area contributed by atoms with Crippen LogP contribution in [0, 0.1) is 29.1 Å². The van der Waals surface area contributed by atoms with Crippen molar-refractivity contribution in [2.45, 2.75) is 219 Å². The van der Waals surface area contributed by atoms with Crippen LogP contribution in [0.2, 0.25) is 0 Å². The lowest BCUT2D eigenvalue weighted by atomic mass is 9.83. The number of allylic oxidation sites excluding steroid dienone is 6. The molecule has 4 aromatic heterocycles. The molecule has 5 amide bonds. The highest BCUT2D eigenvalue weighted by atomic mass is 16.6. The van der Waals surface area contributed by atoms with E-state index in [1.165, 1.54) is 11.2 Å². The fraction of sp³-hybridized carbons (Fsp3) is 0.561. The molecule has 7 aliphatic rings. The van der Waals surface area contributed by atoms with Gasteiger partial charge in [0.2, 0.25) is 29.5 Å². The number of aliphatic hydroxyl groups excluding tert-OH is 1. The maximum absolute atomic E-state index is 14.4. The van der Waals surface area contributed by atoms with E-state index in [1.807, 2.05) is 78.0 Å². The third-order valence-corrected chi connectivity index (χ3v) is 26.6. The number of fused-ring (bicyclic) bond motifs is 5. The molecule has 36 nitrogen and oxygen atoms in total. The Bertz CT molecular complexity index is 5180. The molecule has 134 heavy (non-hydrogen) atoms. The van der Waals surface area contributed by atoms with Gasteiger partial charge in [0.05, 0.1) is 68.0 Å². The number of oxazole rings is 1. The van der Waals surface area contributed by atoms with Gasteiger partial charge in [-0.25, -0.2) is 39.5 Å². The number of aromatic nitrogens is 7. The Labute approximate surface area is 782 Å². The van der Waals surface area contributed by atoms with Crippen molar-refractivity contribution in [2.75, 3.05) is 139 Å². The lowest BCUT2D eigenvalue weighted by Gasteiger charge is -2.36. The number of carbonyl (C=O) groups is 9. The molecule has 10 heterocycles. The number of aliphatic hydroxyl groups is 1. The number of nitrogens with two attached hydrogens (primary N) is 2. The number of Topliss-reactive ketones (excluding diaryl/α,β-unsaturated/α-hetero) is 3. The number of carbonyl (C=O) groups excluding carboxylic acids is 9. The van der Waals surface area contributed by atoms with Crippen LogP contribution >= 0.6 is 0 Å². The molecule has 1 saturated carbocycles. The molecule has 720 valence electrons. The van der Waals surface area contributed by atoms with E-state index in [-0.39, 0.29) is 148 Å². The SMILES string of the molecule is CO[C@H]1CC2CCCC(O2)C(=O)C(=O)N2CCCC[C@H]2C(=O)O[C@H](CCC2CCC(OC(=O)NCCOCCC(=O)NCc3cnc(N4CCN(C(=O)CCOCCN5CCN(c6ncc(C(=O)N7CCc8cc(CNc9ncnc(N)c9C(=N)c9ccc%10oc(N)nc%10c9)ccc8C7)cn6)CC5)CC4)nc3)CC2)CC(=O)[C@H](C)/C=C(\C)[C@@H](O)CC(=O)[C@H](C)C[C@H](C)/C=C/C=CC=C1C. The summed E-state index contributed by atoms with van der Waals surface area (Å²) >= 11 is 0. The Morgan fingerprint density at radius 3 is 2.17 bits per heavy atom. The van der Waals surface area contributed by atoms with Gasteiger partial charge in [0.25, 0.3) is 17.8 Å². The highest BCUT2D eigenvalue weighted by Gasteiger charge is 2.42. The van der Waals surface area contributed by atoms with Crippen molar-refractivity contribution in [1.82, 2.24) is 65.1 Å². The monoisotopic (exact) mass is 1850 g/mol. The number of rotatable bonds is 27. The number of benzene rings is 2. The quantitative estimate of drug-likeness (QED) is 0.00829. The van der Waals surface area contributed by atoms with Gasteiger partial charge in [-0.15, -0.1) is 0 Å². The van der Waals surface area contributed by atoms with Crippen LogP contribution in [-0.4, -0.2) is 273 Å². The number of nitrogens with one attached hydrogen (secondary N) is 4. The van der Waals surface area contributed by atoms with E-state index < -0.39 is 54.0 Å². The van der Waals surface area contributed by atoms with E-state index in [0.717, 1.165) is 41.9 Å². The minimum absolute atomic E-state index is 0.0276. The van der Waals surface area contributed by atoms with E-state index in [2.05, 4.69) is 66.7 Å². The molecule has 2 aromatic carbocycles. The van der Waals surface area contributed by atoms with Gasteiger partial charge in [0, 0.05) is 179 Å². The van der Waals surface area contributed by atoms with Gasteiger partial charge in [-0.05, 0) is 162 Å². The molecule has 4 saturated heterocycles. The van der Waals surface area contributed by atoms with Crippen molar-refractivity contribution in [2.24, 2.45) is 23.7 Å². The van der Waals surface area contributed by atoms with Crippen molar-refractivity contribution >= 4 is 99.4 Å². The Morgan fingerprint density at radius 1 is 0.672 bits per heavy atom. The van der Waals surface area contributed by atoms with E-state index in [0.29, 0.717) is 219 Å². The molecular weight excluding hydrogens is 1720 g/mol. The van der Waals surface area contributed by atoms with Crippen molar-refractivity contribution in [3.63, 3.8) is 0 Å². The number of piperidine rings is 1. The molecule has 36 heteroatoms. The maximum Gasteiger partial charge on any atom is 0.407 e. The zero-order valence-corrected chi connectivity index (χ0v) is 78.0. The summed E-state index contributed by atoms with van der Waals surface area (Å²) in [4.78, 5) is 166. The molecular formula is C98H131N19O17. The summed E-state index contributed by atoms with van der Waals surface area (Å²) in [5.41, 5.74) is 19.9. The molecule has 2 bridgehead atoms. The number of methoxy groups -OCH3 is 1. The molecule has 6 aromatic rings. The first-order valence-corrected chi connectivity index (χ1v) is 47.4. The Kier molecular flexibility index (Phi) is 36.4. The standard InChI is InChI=1S/C98H131N19O17/c1-62-13-8-7-9-14-63(2)84(128-6)52-75-15-12-17-83(131-75)89(123)93(125)117-32-11-10-16-78(117)94(126)132-76(51-79(118)65(4)48-66(5)81(120)53-80(119)64(3)47-62)26-21-67-19-24-74(25-20-67)133-98(127)102-31-45-129-43-29-85(121)103-55-69-56-105-96(106-57-69)115-40-38-113(39-41-115)86(122)30-44-130-46-42-112-34-36-114(37-35-112)97-107-58-73(59-108-97)92(124)116-33-28-70-49-68(18-22-72(70)60-116)54-104-91-87(90(100)109-61-110-91)88(99)71-23-27-82-77(50-71)111-95(101)134-82/h7-9,13-14,18,22-23,27,48-50,56-59,61-62,64-65,67,74-76,78,81,83-84,99,120H,10-12,15-17,19-21,24-26,28-47,51-55,60H2,1-6H3,(H2,101,111)(H,102,127)(H,103,121)(H3,100,104,109,110)/b9-7?,13-8+,63-14?,66-48+,99-88?/t62-,64-,65-,67?,74?,75?,76-,78+,81+,83?,84+/m1/s1. The molecule has 1 aliphatic carbocycles. The highest BCUT2D eigenvalue weighted by Crippen LogP contribution is 2.35. The van der Waals surface area contributed by atoms with Crippen LogP contribution in [0.1, 0.15) is 194 Å². The lowest BCUT2D eigenvalue weighted by Crippen LogP contribution is -2.54. The molecule has 2 unspecified atom stereocenters. The summed E-state index contributed by atoms with van der Waals surface area (Å²) in [6.45, 7) is 18.2. The molecule has 6 aliphatic heterocycles. The summed E-state index contributed by atoms with van der Waals surface area (Å²) < 4.78 is 41.3. The summed E-state index contributed by atoms with van der Waals surface area (Å²) in [5.74, 6) is -1.90. The third-order valence-electron chi connectivity index (χ3n) is 26.6. The average molecular weight is 1850 g/mol. The van der Waals surface area contributed by atoms with Gasteiger partial charge in [-0.1, -0.05) is 75.4 Å². The Hall–Kier alpha value is -11.8. The van der Waals surface area contributed by atoms with Crippen LogP contribution in [0.25, 0.3) is 11.1 Å². The average Bonchev–Trinajstić information content (AvgIpc) is 1.33. The number of anilines is 5. The number of nitrogen functional groups attached to an aromatic ring is 2.